The third-order valence-electron chi connectivity index (χ3n) is 3.96. The summed E-state index contributed by atoms with van der Waals surface area (Å²) in [7, 11) is -3.58. The van der Waals surface area contributed by atoms with Crippen LogP contribution in [0.4, 0.5) is 5.69 Å². The first-order chi connectivity index (χ1) is 13.3. The molecule has 0 N–H and O–H groups in total. The van der Waals surface area contributed by atoms with Gasteiger partial charge < -0.3 is 0 Å². The van der Waals surface area contributed by atoms with Crippen molar-refractivity contribution in [2.45, 2.75) is 26.0 Å². The number of hydrogen-bond acceptors (Lipinski definition) is 6. The topological polar surface area (TPSA) is 90.0 Å². The Morgan fingerprint density at radius 2 is 1.68 bits per heavy atom. The number of sulfonamides is 1. The second-order valence-electron chi connectivity index (χ2n) is 6.19. The summed E-state index contributed by atoms with van der Waals surface area (Å²) in [4.78, 5) is 22.8. The van der Waals surface area contributed by atoms with Crippen LogP contribution in [0.3, 0.4) is 0 Å². The summed E-state index contributed by atoms with van der Waals surface area (Å²) in [5.41, 5.74) is 2.15. The van der Waals surface area contributed by atoms with Crippen molar-refractivity contribution in [1.29, 1.82) is 0 Å². The molecule has 3 rings (SSSR count). The first-order valence-electron chi connectivity index (χ1n) is 8.51. The van der Waals surface area contributed by atoms with Crippen LogP contribution in [0.15, 0.2) is 48.5 Å². The zero-order valence-corrected chi connectivity index (χ0v) is 18.4. The van der Waals surface area contributed by atoms with E-state index < -0.39 is 42.6 Å². The van der Waals surface area contributed by atoms with Crippen molar-refractivity contribution in [2.75, 3.05) is 10.8 Å². The fraction of sp³-hybridized carbons (Fsp3) is 0.263. The van der Waals surface area contributed by atoms with Crippen LogP contribution in [0, 0.1) is 3.57 Å². The summed E-state index contributed by atoms with van der Waals surface area (Å²) in [5, 5.41) is 0. The number of carbonyl (C=O) groups excluding carboxylic acids is 2. The molecular weight excluding hydrogens is 497 g/mol. The molecule has 0 fully saturated rings. The Morgan fingerprint density at radius 1 is 1.04 bits per heavy atom. The minimum absolute atomic E-state index is 0.103. The second-order valence-corrected chi connectivity index (χ2v) is 11.5. The van der Waals surface area contributed by atoms with E-state index >= 15 is 0 Å². The van der Waals surface area contributed by atoms with Crippen LogP contribution >= 0.6 is 20.6 Å². The molecule has 0 aromatic heterocycles. The number of benzene rings is 2. The molecule has 1 heterocycles. The van der Waals surface area contributed by atoms with Gasteiger partial charge in [-0.1, -0.05) is 0 Å². The van der Waals surface area contributed by atoms with E-state index in [0.29, 0.717) is 27.8 Å². The zero-order valence-electron chi connectivity index (χ0n) is 15.4. The van der Waals surface area contributed by atoms with Crippen LogP contribution in [0.5, 0.6) is 0 Å². The second kappa shape index (κ2) is 8.48. The quantitative estimate of drug-likeness (QED) is 0.547. The fourth-order valence-electron chi connectivity index (χ4n) is 2.87. The Hall–Kier alpha value is -2.14. The Bertz CT molecular complexity index is 977. The third kappa shape index (κ3) is 4.82. The van der Waals surface area contributed by atoms with Crippen LogP contribution in [0.1, 0.15) is 25.0 Å². The first kappa shape index (κ1) is 20.6. The molecule has 2 aromatic carbocycles. The predicted octanol–water partition coefficient (Wildman–Crippen LogP) is 3.21. The average Bonchev–Trinajstić information content (AvgIpc) is 3.05. The fourth-order valence-corrected chi connectivity index (χ4v) is 7.23. The van der Waals surface area contributed by atoms with Gasteiger partial charge in [0.1, 0.15) is 0 Å². The molecule has 1 aliphatic rings. The SMILES string of the molecule is CC(=O)OI(OC(C)=O)c1ccc2c(c1)N(S(=O)(=O)Cc1ccccc1)CC2. The van der Waals surface area contributed by atoms with Crippen LogP contribution in [-0.2, 0) is 37.9 Å². The summed E-state index contributed by atoms with van der Waals surface area (Å²) in [6.45, 7) is 2.85. The number of fused-ring (bicyclic) bond motifs is 1. The molecule has 1 aliphatic heterocycles. The van der Waals surface area contributed by atoms with Crippen molar-refractivity contribution in [2.24, 2.45) is 0 Å². The van der Waals surface area contributed by atoms with Gasteiger partial charge >= 0.3 is 173 Å². The van der Waals surface area contributed by atoms with Crippen LogP contribution in [0.25, 0.3) is 0 Å². The number of halogens is 1. The zero-order chi connectivity index (χ0) is 20.3. The van der Waals surface area contributed by atoms with Gasteiger partial charge in [-0.25, -0.2) is 0 Å². The number of hydrogen-bond donors (Lipinski definition) is 0. The van der Waals surface area contributed by atoms with Crippen molar-refractivity contribution < 1.29 is 24.1 Å². The van der Waals surface area contributed by atoms with E-state index in [0.717, 1.165) is 5.56 Å². The van der Waals surface area contributed by atoms with Crippen molar-refractivity contribution in [3.8, 4) is 0 Å². The third-order valence-corrected chi connectivity index (χ3v) is 9.44. The van der Waals surface area contributed by atoms with Gasteiger partial charge in [0, 0.05) is 0 Å². The summed E-state index contributed by atoms with van der Waals surface area (Å²) in [6.07, 6.45) is 0.596. The molecule has 0 spiro atoms. The molecule has 0 saturated carbocycles. The molecule has 0 aliphatic carbocycles. The van der Waals surface area contributed by atoms with Crippen molar-refractivity contribution in [1.82, 2.24) is 0 Å². The molecule has 0 radical (unpaired) electrons. The number of anilines is 1. The molecular formula is C19H20INO6S. The normalized spacial score (nSPS) is 13.6. The van der Waals surface area contributed by atoms with E-state index in [4.69, 9.17) is 6.13 Å². The van der Waals surface area contributed by atoms with Crippen LogP contribution in [-0.4, -0.2) is 26.9 Å². The van der Waals surface area contributed by atoms with Crippen LogP contribution in [0.2, 0.25) is 0 Å². The molecule has 7 nitrogen and oxygen atoms in total. The molecule has 0 unspecified atom stereocenters. The van der Waals surface area contributed by atoms with Gasteiger partial charge in [0.25, 0.3) is 0 Å². The Morgan fingerprint density at radius 3 is 2.29 bits per heavy atom. The van der Waals surface area contributed by atoms with Gasteiger partial charge in [-0.3, -0.25) is 0 Å². The summed E-state index contributed by atoms with van der Waals surface area (Å²) in [5.74, 6) is -1.19. The number of rotatable bonds is 6. The Kier molecular flexibility index (Phi) is 6.23. The number of carbonyl (C=O) groups is 2. The Labute approximate surface area is 172 Å². The molecule has 28 heavy (non-hydrogen) atoms. The average molecular weight is 517 g/mol. The van der Waals surface area contributed by atoms with E-state index in [1.165, 1.54) is 18.2 Å². The van der Waals surface area contributed by atoms with Gasteiger partial charge in [-0.15, -0.1) is 0 Å². The maximum absolute atomic E-state index is 13.0. The molecule has 0 bridgehead atoms. The molecule has 150 valence electrons. The first-order valence-corrected chi connectivity index (χ1v) is 13.0. The van der Waals surface area contributed by atoms with Gasteiger partial charge in [-0.2, -0.15) is 0 Å². The predicted molar refractivity (Wildman–Crippen MR) is 113 cm³/mol. The van der Waals surface area contributed by atoms with Crippen molar-refractivity contribution in [3.05, 3.63) is 63.2 Å². The van der Waals surface area contributed by atoms with E-state index in [1.807, 2.05) is 6.07 Å². The molecule has 0 amide bonds. The molecule has 0 atom stereocenters. The van der Waals surface area contributed by atoms with Crippen molar-refractivity contribution >= 4 is 48.3 Å². The monoisotopic (exact) mass is 517 g/mol. The van der Waals surface area contributed by atoms with Gasteiger partial charge in [0.2, 0.25) is 0 Å². The molecule has 0 saturated heterocycles. The minimum atomic E-state index is -3.58. The summed E-state index contributed by atoms with van der Waals surface area (Å²) < 4.78 is 38.3. The van der Waals surface area contributed by atoms with E-state index in [1.54, 1.807) is 42.5 Å². The van der Waals surface area contributed by atoms with E-state index in [-0.39, 0.29) is 5.75 Å². The summed E-state index contributed by atoms with van der Waals surface area (Å²) >= 11 is -3.02. The van der Waals surface area contributed by atoms with Gasteiger partial charge in [0.15, 0.2) is 0 Å². The van der Waals surface area contributed by atoms with Crippen molar-refractivity contribution in [3.63, 3.8) is 0 Å². The Balaban J connectivity index is 1.91. The molecule has 2 aromatic rings. The van der Waals surface area contributed by atoms with E-state index in [2.05, 4.69) is 0 Å². The summed E-state index contributed by atoms with van der Waals surface area (Å²) in [6, 6.07) is 14.2. The molecule has 9 heteroatoms. The van der Waals surface area contributed by atoms with Gasteiger partial charge in [0.05, 0.1) is 0 Å². The number of nitrogens with zero attached hydrogens (tertiary/aromatic N) is 1. The van der Waals surface area contributed by atoms with Crippen LogP contribution < -0.4 is 4.31 Å². The van der Waals surface area contributed by atoms with Gasteiger partial charge in [-0.05, 0) is 0 Å². The maximum atomic E-state index is 13.0. The standard InChI is InChI=1S/C19H20INO6S/c1-14(22)26-20(27-15(2)23)18-9-8-17-10-11-21(19(17)12-18)28(24,25)13-16-6-4-3-5-7-16/h3-9,12H,10-11,13H2,1-2H3. The van der Waals surface area contributed by atoms with E-state index in [9.17, 15) is 18.0 Å².